The number of hydrogen-bond donors (Lipinski definition) is 4. The molecular weight excluding hydrogens is 376 g/mol. The molecule has 12 nitrogen and oxygen atoms in total. The van der Waals surface area contributed by atoms with Gasteiger partial charge in [0.05, 0.1) is 21.0 Å². The number of benzene rings is 2. The Morgan fingerprint density at radius 2 is 1.14 bits per heavy atom. The lowest BCUT2D eigenvalue weighted by atomic mass is 10.1. The largest absolute Gasteiger partial charge is 0.502 e. The Labute approximate surface area is 156 Å². The van der Waals surface area contributed by atoms with Crippen molar-refractivity contribution < 1.29 is 29.6 Å². The quantitative estimate of drug-likeness (QED) is 0.307. The monoisotopic (exact) mass is 390 g/mol. The van der Waals surface area contributed by atoms with Crippen LogP contribution in [0.25, 0.3) is 0 Å². The topological polar surface area (TPSA) is 185 Å². The van der Waals surface area contributed by atoms with Gasteiger partial charge in [-0.25, -0.2) is 0 Å². The Balaban J connectivity index is 1.95. The first kappa shape index (κ1) is 20.1. The normalized spacial score (nSPS) is 10.1. The second-order valence-corrected chi connectivity index (χ2v) is 5.37. The van der Waals surface area contributed by atoms with E-state index in [-0.39, 0.29) is 24.2 Å². The minimum absolute atomic E-state index is 0.109. The Bertz CT molecular complexity index is 882. The van der Waals surface area contributed by atoms with E-state index in [9.17, 15) is 40.0 Å². The van der Waals surface area contributed by atoms with Gasteiger partial charge in [0.2, 0.25) is 11.5 Å². The number of nitro benzene ring substituents is 2. The molecular formula is C16H14N4O8. The molecule has 12 heteroatoms. The van der Waals surface area contributed by atoms with Gasteiger partial charge >= 0.3 is 11.4 Å². The van der Waals surface area contributed by atoms with Crippen LogP contribution >= 0.6 is 0 Å². The molecule has 0 saturated carbocycles. The lowest BCUT2D eigenvalue weighted by Crippen LogP contribution is -2.34. The molecule has 0 fully saturated rings. The van der Waals surface area contributed by atoms with Crippen LogP contribution in [0.5, 0.6) is 11.5 Å². The predicted octanol–water partition coefficient (Wildman–Crippen LogP) is 1.07. The molecule has 4 N–H and O–H groups in total. The van der Waals surface area contributed by atoms with Crippen LogP contribution < -0.4 is 10.6 Å². The van der Waals surface area contributed by atoms with Crippen LogP contribution in [0.4, 0.5) is 11.4 Å². The number of aromatic hydroxyl groups is 2. The summed E-state index contributed by atoms with van der Waals surface area (Å²) in [6, 6.07) is 6.93. The number of amides is 2. The molecule has 0 bridgehead atoms. The van der Waals surface area contributed by atoms with Crippen molar-refractivity contribution in [2.24, 2.45) is 0 Å². The number of para-hydroxylation sites is 2. The van der Waals surface area contributed by atoms with E-state index in [1.165, 1.54) is 24.3 Å². The highest BCUT2D eigenvalue weighted by Gasteiger charge is 2.22. The molecule has 0 radical (unpaired) electrons. The van der Waals surface area contributed by atoms with E-state index in [0.29, 0.717) is 0 Å². The van der Waals surface area contributed by atoms with Crippen molar-refractivity contribution >= 4 is 23.2 Å². The number of phenolic OH excluding ortho intramolecular Hbond substituents is 2. The first-order valence-electron chi connectivity index (χ1n) is 7.73. The number of phenols is 2. The smallest absolute Gasteiger partial charge is 0.311 e. The number of nitrogens with zero attached hydrogens (tertiary/aromatic N) is 2. The molecule has 0 atom stereocenters. The third kappa shape index (κ3) is 4.30. The van der Waals surface area contributed by atoms with Crippen molar-refractivity contribution in [3.8, 4) is 11.5 Å². The maximum absolute atomic E-state index is 12.0. The molecule has 2 rings (SSSR count). The molecule has 0 aromatic heterocycles. The maximum Gasteiger partial charge on any atom is 0.311 e. The molecule has 0 aliphatic carbocycles. The summed E-state index contributed by atoms with van der Waals surface area (Å²) in [5.41, 5.74) is -1.86. The lowest BCUT2D eigenvalue weighted by Gasteiger charge is -2.09. The molecule has 0 spiro atoms. The highest BCUT2D eigenvalue weighted by atomic mass is 16.6. The Hall–Kier alpha value is -4.22. The minimum atomic E-state index is -0.835. The molecule has 28 heavy (non-hydrogen) atoms. The summed E-state index contributed by atoms with van der Waals surface area (Å²) in [6.45, 7) is -0.217. The third-order valence-electron chi connectivity index (χ3n) is 3.61. The summed E-state index contributed by atoms with van der Waals surface area (Å²) in [4.78, 5) is 43.9. The average Bonchev–Trinajstić information content (AvgIpc) is 2.64. The van der Waals surface area contributed by atoms with Gasteiger partial charge in [-0.2, -0.15) is 0 Å². The van der Waals surface area contributed by atoms with Crippen LogP contribution in [0.2, 0.25) is 0 Å². The van der Waals surface area contributed by atoms with Gasteiger partial charge in [-0.15, -0.1) is 0 Å². The first-order valence-corrected chi connectivity index (χ1v) is 7.73. The van der Waals surface area contributed by atoms with Crippen molar-refractivity contribution in [3.05, 3.63) is 67.8 Å². The molecule has 0 aliphatic rings. The van der Waals surface area contributed by atoms with Crippen molar-refractivity contribution in [2.45, 2.75) is 0 Å². The zero-order valence-electron chi connectivity index (χ0n) is 14.1. The van der Waals surface area contributed by atoms with Crippen molar-refractivity contribution in [2.75, 3.05) is 13.1 Å². The molecule has 0 saturated heterocycles. The highest BCUT2D eigenvalue weighted by molar-refractivity contribution is 5.99. The van der Waals surface area contributed by atoms with Crippen molar-refractivity contribution in [1.29, 1.82) is 0 Å². The third-order valence-corrected chi connectivity index (χ3v) is 3.61. The van der Waals surface area contributed by atoms with Gasteiger partial charge in [0, 0.05) is 25.2 Å². The molecule has 0 aliphatic heterocycles. The van der Waals surface area contributed by atoms with Gasteiger partial charge in [-0.05, 0) is 12.1 Å². The van der Waals surface area contributed by atoms with Crippen LogP contribution in [-0.2, 0) is 0 Å². The highest BCUT2D eigenvalue weighted by Crippen LogP contribution is 2.29. The average molecular weight is 390 g/mol. The summed E-state index contributed by atoms with van der Waals surface area (Å²) < 4.78 is 0. The fourth-order valence-corrected chi connectivity index (χ4v) is 2.27. The maximum atomic E-state index is 12.0. The Kier molecular flexibility index (Phi) is 6.06. The summed E-state index contributed by atoms with van der Waals surface area (Å²) in [7, 11) is 0. The van der Waals surface area contributed by atoms with E-state index in [4.69, 9.17) is 0 Å². The van der Waals surface area contributed by atoms with E-state index in [0.717, 1.165) is 12.1 Å². The van der Waals surface area contributed by atoms with Gasteiger partial charge in [-0.3, -0.25) is 29.8 Å². The van der Waals surface area contributed by atoms with Crippen molar-refractivity contribution in [3.63, 3.8) is 0 Å². The van der Waals surface area contributed by atoms with E-state index in [2.05, 4.69) is 10.6 Å². The molecule has 2 amide bonds. The number of hydrogen-bond acceptors (Lipinski definition) is 8. The molecule has 0 heterocycles. The summed E-state index contributed by atoms with van der Waals surface area (Å²) in [6.07, 6.45) is 0. The lowest BCUT2D eigenvalue weighted by molar-refractivity contribution is -0.386. The van der Waals surface area contributed by atoms with Crippen LogP contribution in [-0.4, -0.2) is 45.0 Å². The fraction of sp³-hybridized carbons (Fsp3) is 0.125. The van der Waals surface area contributed by atoms with E-state index >= 15 is 0 Å². The second-order valence-electron chi connectivity index (χ2n) is 5.37. The van der Waals surface area contributed by atoms with E-state index in [1.807, 2.05) is 0 Å². The predicted molar refractivity (Wildman–Crippen MR) is 94.2 cm³/mol. The van der Waals surface area contributed by atoms with Gasteiger partial charge in [0.15, 0.2) is 0 Å². The van der Waals surface area contributed by atoms with E-state index < -0.39 is 44.5 Å². The number of nitro groups is 2. The Morgan fingerprint density at radius 1 is 0.786 bits per heavy atom. The van der Waals surface area contributed by atoms with Gasteiger partial charge in [-0.1, -0.05) is 12.1 Å². The zero-order valence-corrected chi connectivity index (χ0v) is 14.1. The SMILES string of the molecule is O=C(NCCNC(=O)c1cccc([N+](=O)[O-])c1O)c1cccc([N+](=O)[O-])c1O. The van der Waals surface area contributed by atoms with Crippen LogP contribution in [0.1, 0.15) is 20.7 Å². The van der Waals surface area contributed by atoms with Crippen molar-refractivity contribution in [1.82, 2.24) is 10.6 Å². The number of carbonyl (C=O) groups is 2. The van der Waals surface area contributed by atoms with Crippen LogP contribution in [0, 0.1) is 20.2 Å². The fourth-order valence-electron chi connectivity index (χ4n) is 2.27. The Morgan fingerprint density at radius 3 is 1.46 bits per heavy atom. The number of carbonyl (C=O) groups excluding carboxylic acids is 2. The summed E-state index contributed by atoms with van der Waals surface area (Å²) in [5.74, 6) is -3.16. The summed E-state index contributed by atoms with van der Waals surface area (Å²) in [5, 5.41) is 45.8. The molecule has 2 aromatic carbocycles. The summed E-state index contributed by atoms with van der Waals surface area (Å²) >= 11 is 0. The van der Waals surface area contributed by atoms with Gasteiger partial charge in [0.1, 0.15) is 0 Å². The number of rotatable bonds is 7. The molecule has 2 aromatic rings. The van der Waals surface area contributed by atoms with Crippen LogP contribution in [0.3, 0.4) is 0 Å². The second kappa shape index (κ2) is 8.44. The molecule has 146 valence electrons. The zero-order chi connectivity index (χ0) is 20.8. The molecule has 0 unspecified atom stereocenters. The van der Waals surface area contributed by atoms with Gasteiger partial charge < -0.3 is 20.8 Å². The standard InChI is InChI=1S/C16H14N4O8/c21-13-9(3-1-5-11(13)19(25)26)15(23)17-7-8-18-16(24)10-4-2-6-12(14(10)22)20(27)28/h1-6,21-22H,7-8H2,(H,17,23)(H,18,24). The van der Waals surface area contributed by atoms with Gasteiger partial charge in [0.25, 0.3) is 11.8 Å². The van der Waals surface area contributed by atoms with E-state index in [1.54, 1.807) is 0 Å². The van der Waals surface area contributed by atoms with Crippen LogP contribution in [0.15, 0.2) is 36.4 Å². The number of nitrogens with one attached hydrogen (secondary N) is 2. The minimum Gasteiger partial charge on any atom is -0.502 e. The first-order chi connectivity index (χ1) is 13.2.